The van der Waals surface area contributed by atoms with Gasteiger partial charge in [-0.25, -0.2) is 8.78 Å². The van der Waals surface area contributed by atoms with Gasteiger partial charge in [0.2, 0.25) is 0 Å². The average molecular weight is 266 g/mol. The van der Waals surface area contributed by atoms with Gasteiger partial charge in [0, 0.05) is 26.8 Å². The largest absolute Gasteiger partial charge is 0.384 e. The summed E-state index contributed by atoms with van der Waals surface area (Å²) in [5, 5.41) is 8.67. The van der Waals surface area contributed by atoms with Crippen LogP contribution < -0.4 is 4.90 Å². The van der Waals surface area contributed by atoms with Crippen LogP contribution in [0.25, 0.3) is 0 Å². The van der Waals surface area contributed by atoms with E-state index in [1.54, 1.807) is 18.1 Å². The maximum absolute atomic E-state index is 13.9. The summed E-state index contributed by atoms with van der Waals surface area (Å²) in [6.07, 6.45) is 1.71. The minimum atomic E-state index is -0.665. The molecule has 0 amide bonds. The lowest BCUT2D eigenvalue weighted by Gasteiger charge is -2.33. The summed E-state index contributed by atoms with van der Waals surface area (Å²) in [6.45, 7) is 1.90. The van der Waals surface area contributed by atoms with Gasteiger partial charge in [0.1, 0.15) is 5.69 Å². The molecule has 0 saturated carbocycles. The predicted octanol–water partition coefficient (Wildman–Crippen LogP) is 2.70. The van der Waals surface area contributed by atoms with Crippen LogP contribution in [0.5, 0.6) is 0 Å². The van der Waals surface area contributed by atoms with Crippen LogP contribution in [0, 0.1) is 28.9 Å². The van der Waals surface area contributed by atoms with Crippen LogP contribution in [0.4, 0.5) is 14.5 Å². The third-order valence-electron chi connectivity index (χ3n) is 3.48. The van der Waals surface area contributed by atoms with Crippen molar-refractivity contribution in [3.63, 3.8) is 0 Å². The Hall–Kier alpha value is -1.67. The highest BCUT2D eigenvalue weighted by Crippen LogP contribution is 2.29. The summed E-state index contributed by atoms with van der Waals surface area (Å²) in [5.41, 5.74) is -0.0112. The van der Waals surface area contributed by atoms with Crippen LogP contribution in [0.3, 0.4) is 0 Å². The van der Waals surface area contributed by atoms with Crippen molar-refractivity contribution in [1.29, 1.82) is 5.26 Å². The molecule has 2 rings (SSSR count). The number of ether oxygens (including phenoxy) is 1. The van der Waals surface area contributed by atoms with Gasteiger partial charge in [0.15, 0.2) is 11.6 Å². The Morgan fingerprint density at radius 1 is 1.32 bits per heavy atom. The molecule has 0 bridgehead atoms. The monoisotopic (exact) mass is 266 g/mol. The molecule has 5 heteroatoms. The Labute approximate surface area is 111 Å². The van der Waals surface area contributed by atoms with E-state index in [1.165, 1.54) is 0 Å². The van der Waals surface area contributed by atoms with Crippen molar-refractivity contribution < 1.29 is 13.5 Å². The van der Waals surface area contributed by atoms with E-state index in [4.69, 9.17) is 10.00 Å². The Morgan fingerprint density at radius 3 is 2.37 bits per heavy atom. The SMILES string of the molecule is COCC1CCN(c2c(F)cc(C#N)cc2F)CC1. The lowest BCUT2D eigenvalue weighted by molar-refractivity contribution is 0.139. The van der Waals surface area contributed by atoms with Gasteiger partial charge in [-0.15, -0.1) is 0 Å². The van der Waals surface area contributed by atoms with Gasteiger partial charge in [-0.1, -0.05) is 0 Å². The topological polar surface area (TPSA) is 36.3 Å². The van der Waals surface area contributed by atoms with Crippen molar-refractivity contribution in [1.82, 2.24) is 0 Å². The van der Waals surface area contributed by atoms with E-state index in [0.717, 1.165) is 25.0 Å². The molecule has 1 aromatic carbocycles. The number of nitrogens with zero attached hydrogens (tertiary/aromatic N) is 2. The molecule has 3 nitrogen and oxygen atoms in total. The van der Waals surface area contributed by atoms with E-state index < -0.39 is 11.6 Å². The maximum atomic E-state index is 13.9. The molecule has 0 spiro atoms. The first-order valence-electron chi connectivity index (χ1n) is 6.28. The molecule has 1 aromatic rings. The van der Waals surface area contributed by atoms with Crippen LogP contribution in [-0.4, -0.2) is 26.8 Å². The van der Waals surface area contributed by atoms with E-state index in [2.05, 4.69) is 0 Å². The minimum Gasteiger partial charge on any atom is -0.384 e. The predicted molar refractivity (Wildman–Crippen MR) is 67.9 cm³/mol. The normalized spacial score (nSPS) is 16.4. The second-order valence-corrected chi connectivity index (χ2v) is 4.79. The van der Waals surface area contributed by atoms with Crippen LogP contribution in [0.1, 0.15) is 18.4 Å². The highest BCUT2D eigenvalue weighted by atomic mass is 19.1. The molecule has 0 unspecified atom stereocenters. The molecule has 0 N–H and O–H groups in total. The fraction of sp³-hybridized carbons (Fsp3) is 0.500. The zero-order chi connectivity index (χ0) is 13.8. The van der Waals surface area contributed by atoms with Crippen molar-refractivity contribution in [3.05, 3.63) is 29.3 Å². The average Bonchev–Trinajstić information content (AvgIpc) is 2.40. The highest BCUT2D eigenvalue weighted by Gasteiger charge is 2.24. The molecule has 0 aliphatic carbocycles. The third-order valence-corrected chi connectivity index (χ3v) is 3.48. The number of hydrogen-bond acceptors (Lipinski definition) is 3. The molecule has 19 heavy (non-hydrogen) atoms. The zero-order valence-corrected chi connectivity index (χ0v) is 10.8. The van der Waals surface area contributed by atoms with Crippen LogP contribution in [-0.2, 0) is 4.74 Å². The number of nitriles is 1. The van der Waals surface area contributed by atoms with Crippen molar-refractivity contribution in [2.45, 2.75) is 12.8 Å². The van der Waals surface area contributed by atoms with Crippen molar-refractivity contribution >= 4 is 5.69 Å². The smallest absolute Gasteiger partial charge is 0.150 e. The standard InChI is InChI=1S/C14H16F2N2O/c1-19-9-10-2-4-18(5-3-10)14-12(15)6-11(8-17)7-13(14)16/h6-7,10H,2-5,9H2,1H3. The molecule has 1 aliphatic rings. The van der Waals surface area contributed by atoms with Gasteiger partial charge < -0.3 is 9.64 Å². The van der Waals surface area contributed by atoms with E-state index in [-0.39, 0.29) is 11.3 Å². The maximum Gasteiger partial charge on any atom is 0.150 e. The summed E-state index contributed by atoms with van der Waals surface area (Å²) in [7, 11) is 1.66. The minimum absolute atomic E-state index is 0.00742. The van der Waals surface area contributed by atoms with Crippen LogP contribution >= 0.6 is 0 Å². The molecule has 1 aliphatic heterocycles. The number of halogens is 2. The number of methoxy groups -OCH3 is 1. The van der Waals surface area contributed by atoms with Gasteiger partial charge >= 0.3 is 0 Å². The van der Waals surface area contributed by atoms with Crippen molar-refractivity contribution in [3.8, 4) is 6.07 Å². The Bertz CT molecular complexity index is 468. The quantitative estimate of drug-likeness (QED) is 0.844. The van der Waals surface area contributed by atoms with Crippen molar-refractivity contribution in [2.24, 2.45) is 5.92 Å². The molecule has 0 radical (unpaired) electrons. The number of piperidine rings is 1. The van der Waals surface area contributed by atoms with Gasteiger partial charge in [0.05, 0.1) is 11.6 Å². The number of anilines is 1. The molecule has 1 fully saturated rings. The Kier molecular flexibility index (Phi) is 4.33. The Balaban J connectivity index is 2.14. The summed E-state index contributed by atoms with van der Waals surface area (Å²) < 4.78 is 32.8. The lowest BCUT2D eigenvalue weighted by Crippen LogP contribution is -2.36. The fourth-order valence-electron chi connectivity index (χ4n) is 2.49. The summed E-state index contributed by atoms with van der Waals surface area (Å²) in [4.78, 5) is 1.71. The Morgan fingerprint density at radius 2 is 1.89 bits per heavy atom. The van der Waals surface area contributed by atoms with Gasteiger partial charge in [-0.05, 0) is 30.9 Å². The number of hydrogen-bond donors (Lipinski definition) is 0. The molecular formula is C14H16F2N2O. The summed E-state index contributed by atoms with van der Waals surface area (Å²) >= 11 is 0. The first-order valence-corrected chi connectivity index (χ1v) is 6.28. The van der Waals surface area contributed by atoms with E-state index >= 15 is 0 Å². The van der Waals surface area contributed by atoms with Crippen molar-refractivity contribution in [2.75, 3.05) is 31.7 Å². The third kappa shape index (κ3) is 3.02. The second kappa shape index (κ2) is 5.98. The highest BCUT2D eigenvalue weighted by molar-refractivity contribution is 5.52. The molecule has 0 aromatic heterocycles. The lowest BCUT2D eigenvalue weighted by atomic mass is 9.97. The zero-order valence-electron chi connectivity index (χ0n) is 10.8. The molecule has 1 saturated heterocycles. The van der Waals surface area contributed by atoms with Gasteiger partial charge in [0.25, 0.3) is 0 Å². The second-order valence-electron chi connectivity index (χ2n) is 4.79. The molecule has 0 atom stereocenters. The first kappa shape index (κ1) is 13.8. The summed E-state index contributed by atoms with van der Waals surface area (Å²) in [5.74, 6) is -0.880. The first-order chi connectivity index (χ1) is 9.15. The number of rotatable bonds is 3. The van der Waals surface area contributed by atoms with Gasteiger partial charge in [-0.2, -0.15) is 5.26 Å². The van der Waals surface area contributed by atoms with E-state index in [0.29, 0.717) is 25.6 Å². The molecule has 1 heterocycles. The van der Waals surface area contributed by atoms with Crippen LogP contribution in [0.2, 0.25) is 0 Å². The van der Waals surface area contributed by atoms with Gasteiger partial charge in [-0.3, -0.25) is 0 Å². The fourth-order valence-corrected chi connectivity index (χ4v) is 2.49. The summed E-state index contributed by atoms with van der Waals surface area (Å²) in [6, 6.07) is 3.91. The van der Waals surface area contributed by atoms with E-state index in [1.807, 2.05) is 0 Å². The van der Waals surface area contributed by atoms with E-state index in [9.17, 15) is 8.78 Å². The van der Waals surface area contributed by atoms with Crippen LogP contribution in [0.15, 0.2) is 12.1 Å². The molecule has 102 valence electrons. The molecular weight excluding hydrogens is 250 g/mol. The number of benzene rings is 1.